The lowest BCUT2D eigenvalue weighted by Crippen LogP contribution is -2.01. The second-order valence-corrected chi connectivity index (χ2v) is 5.82. The van der Waals surface area contributed by atoms with Crippen LogP contribution in [0.5, 0.6) is 5.75 Å². The Morgan fingerprint density at radius 1 is 1.24 bits per heavy atom. The smallest absolute Gasteiger partial charge is 0.204 e. The second-order valence-electron chi connectivity index (χ2n) is 4.74. The van der Waals surface area contributed by atoms with Crippen molar-refractivity contribution < 1.29 is 9.53 Å². The van der Waals surface area contributed by atoms with Crippen LogP contribution in [-0.2, 0) is 0 Å². The van der Waals surface area contributed by atoms with Crippen LogP contribution in [0.3, 0.4) is 0 Å². The highest BCUT2D eigenvalue weighted by molar-refractivity contribution is 7.21. The molecule has 0 amide bonds. The lowest BCUT2D eigenvalue weighted by molar-refractivity contribution is 0.104. The standard InChI is InChI=1S/C17H15NO2S/c1-2-7-20-14-8-13(10-18-11-14)17(19)16-9-12-5-3-4-6-15(12)21-16/h3-6,8-11H,2,7H2,1H3. The number of thiophene rings is 1. The van der Waals surface area contributed by atoms with Gasteiger partial charge in [0.25, 0.3) is 0 Å². The summed E-state index contributed by atoms with van der Waals surface area (Å²) < 4.78 is 6.65. The van der Waals surface area contributed by atoms with Gasteiger partial charge in [-0.15, -0.1) is 11.3 Å². The maximum atomic E-state index is 12.6. The summed E-state index contributed by atoms with van der Waals surface area (Å²) in [5.41, 5.74) is 0.565. The molecule has 0 aliphatic carbocycles. The maximum absolute atomic E-state index is 12.6. The molecule has 0 atom stereocenters. The van der Waals surface area contributed by atoms with E-state index in [1.165, 1.54) is 11.3 Å². The Kier molecular flexibility index (Phi) is 3.97. The van der Waals surface area contributed by atoms with E-state index in [1.54, 1.807) is 18.5 Å². The van der Waals surface area contributed by atoms with Gasteiger partial charge >= 0.3 is 0 Å². The molecule has 3 rings (SSSR count). The van der Waals surface area contributed by atoms with Crippen molar-refractivity contribution in [3.8, 4) is 5.75 Å². The van der Waals surface area contributed by atoms with Gasteiger partial charge in [0.05, 0.1) is 17.7 Å². The molecule has 21 heavy (non-hydrogen) atoms. The minimum absolute atomic E-state index is 0.00866. The third-order valence-electron chi connectivity index (χ3n) is 3.10. The van der Waals surface area contributed by atoms with E-state index in [2.05, 4.69) is 4.98 Å². The Morgan fingerprint density at radius 2 is 2.10 bits per heavy atom. The van der Waals surface area contributed by atoms with Crippen LogP contribution < -0.4 is 4.74 Å². The first-order chi connectivity index (χ1) is 10.3. The minimum Gasteiger partial charge on any atom is -0.492 e. The summed E-state index contributed by atoms with van der Waals surface area (Å²) in [7, 11) is 0. The average molecular weight is 297 g/mol. The molecule has 0 radical (unpaired) electrons. The van der Waals surface area contributed by atoms with E-state index in [0.29, 0.717) is 17.9 Å². The summed E-state index contributed by atoms with van der Waals surface area (Å²) in [5, 5.41) is 1.09. The lowest BCUT2D eigenvalue weighted by Gasteiger charge is -2.05. The number of nitrogens with zero attached hydrogens (tertiary/aromatic N) is 1. The third-order valence-corrected chi connectivity index (χ3v) is 4.21. The number of fused-ring (bicyclic) bond motifs is 1. The highest BCUT2D eigenvalue weighted by Gasteiger charge is 2.13. The molecular formula is C17H15NO2S. The first-order valence-corrected chi connectivity index (χ1v) is 7.70. The molecule has 2 aromatic heterocycles. The molecule has 0 fully saturated rings. The number of rotatable bonds is 5. The van der Waals surface area contributed by atoms with Gasteiger partial charge in [-0.3, -0.25) is 9.78 Å². The molecule has 0 unspecified atom stereocenters. The Labute approximate surface area is 127 Å². The Bertz CT molecular complexity index is 746. The van der Waals surface area contributed by atoms with Crippen molar-refractivity contribution in [2.24, 2.45) is 0 Å². The molecule has 0 aliphatic rings. The van der Waals surface area contributed by atoms with Crippen LogP contribution in [0.4, 0.5) is 0 Å². The van der Waals surface area contributed by atoms with E-state index < -0.39 is 0 Å². The van der Waals surface area contributed by atoms with E-state index in [0.717, 1.165) is 21.4 Å². The summed E-state index contributed by atoms with van der Waals surface area (Å²) in [5.74, 6) is 0.634. The summed E-state index contributed by atoms with van der Waals surface area (Å²) in [6.07, 6.45) is 4.15. The van der Waals surface area contributed by atoms with Gasteiger partial charge in [-0.25, -0.2) is 0 Å². The molecule has 0 aliphatic heterocycles. The van der Waals surface area contributed by atoms with Gasteiger partial charge in [-0.1, -0.05) is 25.1 Å². The zero-order valence-corrected chi connectivity index (χ0v) is 12.5. The zero-order chi connectivity index (χ0) is 14.7. The Balaban J connectivity index is 1.90. The molecule has 106 valence electrons. The predicted octanol–water partition coefficient (Wildman–Crippen LogP) is 4.32. The number of hydrogen-bond donors (Lipinski definition) is 0. The van der Waals surface area contributed by atoms with Crippen molar-refractivity contribution in [2.45, 2.75) is 13.3 Å². The zero-order valence-electron chi connectivity index (χ0n) is 11.7. The first-order valence-electron chi connectivity index (χ1n) is 6.89. The SMILES string of the molecule is CCCOc1cncc(C(=O)c2cc3ccccc3s2)c1. The maximum Gasteiger partial charge on any atom is 0.204 e. The van der Waals surface area contributed by atoms with Gasteiger partial charge in [0.2, 0.25) is 5.78 Å². The Hall–Kier alpha value is -2.20. The number of aromatic nitrogens is 1. The van der Waals surface area contributed by atoms with Crippen LogP contribution in [0.2, 0.25) is 0 Å². The number of ether oxygens (including phenoxy) is 1. The molecule has 0 saturated heterocycles. The van der Waals surface area contributed by atoms with E-state index in [9.17, 15) is 4.79 Å². The molecular weight excluding hydrogens is 282 g/mol. The van der Waals surface area contributed by atoms with Crippen LogP contribution in [0.25, 0.3) is 10.1 Å². The van der Waals surface area contributed by atoms with E-state index in [4.69, 9.17) is 4.74 Å². The fourth-order valence-electron chi connectivity index (χ4n) is 2.08. The largest absolute Gasteiger partial charge is 0.492 e. The van der Waals surface area contributed by atoms with Gasteiger partial charge in [0.15, 0.2) is 0 Å². The fraction of sp³-hybridized carbons (Fsp3) is 0.176. The molecule has 3 aromatic rings. The second kappa shape index (κ2) is 6.06. The van der Waals surface area contributed by atoms with Crippen molar-refractivity contribution in [1.82, 2.24) is 4.98 Å². The van der Waals surface area contributed by atoms with Crippen molar-refractivity contribution in [3.63, 3.8) is 0 Å². The van der Waals surface area contributed by atoms with E-state index >= 15 is 0 Å². The van der Waals surface area contributed by atoms with Crippen LogP contribution in [0, 0.1) is 0 Å². The van der Waals surface area contributed by atoms with Crippen molar-refractivity contribution >= 4 is 27.2 Å². The highest BCUT2D eigenvalue weighted by atomic mass is 32.1. The number of ketones is 1. The normalized spacial score (nSPS) is 10.7. The van der Waals surface area contributed by atoms with E-state index in [1.807, 2.05) is 37.3 Å². The number of carbonyl (C=O) groups is 1. The molecule has 0 saturated carbocycles. The molecule has 0 N–H and O–H groups in total. The molecule has 0 spiro atoms. The number of carbonyl (C=O) groups excluding carboxylic acids is 1. The van der Waals surface area contributed by atoms with E-state index in [-0.39, 0.29) is 5.78 Å². The summed E-state index contributed by atoms with van der Waals surface area (Å²) >= 11 is 1.51. The first kappa shape index (κ1) is 13.8. The molecule has 3 nitrogen and oxygen atoms in total. The third kappa shape index (κ3) is 2.95. The van der Waals surface area contributed by atoms with Gasteiger partial charge in [0, 0.05) is 16.5 Å². The number of pyridine rings is 1. The molecule has 2 heterocycles. The van der Waals surface area contributed by atoms with Crippen LogP contribution in [0.15, 0.2) is 48.8 Å². The number of hydrogen-bond acceptors (Lipinski definition) is 4. The van der Waals surface area contributed by atoms with Crippen molar-refractivity contribution in [3.05, 3.63) is 59.2 Å². The molecule has 1 aromatic carbocycles. The Morgan fingerprint density at radius 3 is 2.90 bits per heavy atom. The van der Waals surface area contributed by atoms with Crippen LogP contribution >= 0.6 is 11.3 Å². The predicted molar refractivity (Wildman–Crippen MR) is 85.3 cm³/mol. The minimum atomic E-state index is -0.00866. The van der Waals surface area contributed by atoms with Crippen molar-refractivity contribution in [2.75, 3.05) is 6.61 Å². The average Bonchev–Trinajstić information content (AvgIpc) is 2.96. The fourth-order valence-corrected chi connectivity index (χ4v) is 3.10. The van der Waals surface area contributed by atoms with Crippen molar-refractivity contribution in [1.29, 1.82) is 0 Å². The molecule has 0 bridgehead atoms. The topological polar surface area (TPSA) is 39.2 Å². The van der Waals surface area contributed by atoms with Gasteiger partial charge in [0.1, 0.15) is 5.75 Å². The quantitative estimate of drug-likeness (QED) is 0.658. The van der Waals surface area contributed by atoms with Gasteiger partial charge in [-0.2, -0.15) is 0 Å². The summed E-state index contributed by atoms with van der Waals surface area (Å²) in [6.45, 7) is 2.67. The summed E-state index contributed by atoms with van der Waals surface area (Å²) in [4.78, 5) is 17.4. The highest BCUT2D eigenvalue weighted by Crippen LogP contribution is 2.27. The van der Waals surface area contributed by atoms with Gasteiger partial charge < -0.3 is 4.74 Å². The van der Waals surface area contributed by atoms with Gasteiger partial charge in [-0.05, 0) is 30.0 Å². The number of benzene rings is 1. The van der Waals surface area contributed by atoms with Crippen LogP contribution in [-0.4, -0.2) is 17.4 Å². The van der Waals surface area contributed by atoms with Crippen LogP contribution in [0.1, 0.15) is 28.6 Å². The monoisotopic (exact) mass is 297 g/mol. The lowest BCUT2D eigenvalue weighted by atomic mass is 10.1. The summed E-state index contributed by atoms with van der Waals surface area (Å²) in [6, 6.07) is 11.7. The molecule has 4 heteroatoms.